The average molecular weight is 361 g/mol. The lowest BCUT2D eigenvalue weighted by Gasteiger charge is -2.40. The van der Waals surface area contributed by atoms with Crippen LogP contribution >= 0.6 is 0 Å². The van der Waals surface area contributed by atoms with Gasteiger partial charge >= 0.3 is 0 Å². The Labute approximate surface area is 163 Å². The van der Waals surface area contributed by atoms with Crippen LogP contribution in [0, 0.1) is 10.8 Å². The summed E-state index contributed by atoms with van der Waals surface area (Å²) in [5.41, 5.74) is 5.20. The molecule has 2 heteroatoms. The van der Waals surface area contributed by atoms with Crippen molar-refractivity contribution < 1.29 is 0 Å². The molecular formula is C25H32N2. The van der Waals surface area contributed by atoms with Gasteiger partial charge in [-0.3, -0.25) is 4.90 Å². The standard InChI is InChI=1S/C25H32N2/c1-5-27-22-9-7-6-8-20(22)21-12-18(10-11-23(21)27)15-26-17-25(4)14-19(26)13-24(2,3)16-25/h6-12,19H,5,13-17H2,1-4H3/t19-,25+/m0/s1. The van der Waals surface area contributed by atoms with E-state index >= 15 is 0 Å². The third-order valence-corrected chi connectivity index (χ3v) is 7.06. The summed E-state index contributed by atoms with van der Waals surface area (Å²) in [5, 5.41) is 2.81. The molecule has 0 amide bonds. The van der Waals surface area contributed by atoms with Gasteiger partial charge in [-0.1, -0.05) is 45.0 Å². The van der Waals surface area contributed by atoms with Gasteiger partial charge in [-0.15, -0.1) is 0 Å². The van der Waals surface area contributed by atoms with Crippen molar-refractivity contribution >= 4 is 21.8 Å². The van der Waals surface area contributed by atoms with E-state index in [1.165, 1.54) is 53.2 Å². The summed E-state index contributed by atoms with van der Waals surface area (Å²) in [7, 11) is 0. The topological polar surface area (TPSA) is 8.17 Å². The Bertz CT molecular complexity index is 1010. The van der Waals surface area contributed by atoms with E-state index in [1.54, 1.807) is 0 Å². The summed E-state index contributed by atoms with van der Waals surface area (Å²) in [5.74, 6) is 0. The van der Waals surface area contributed by atoms with E-state index in [0.717, 1.165) is 19.1 Å². The maximum Gasteiger partial charge on any atom is 0.0491 e. The third kappa shape index (κ3) is 2.81. The number of benzene rings is 2. The highest BCUT2D eigenvalue weighted by Gasteiger charge is 2.49. The number of fused-ring (bicyclic) bond motifs is 5. The van der Waals surface area contributed by atoms with Crippen molar-refractivity contribution in [3.05, 3.63) is 48.0 Å². The molecule has 1 aliphatic carbocycles. The van der Waals surface area contributed by atoms with Crippen LogP contribution in [0.1, 0.15) is 52.5 Å². The number of nitrogens with zero attached hydrogens (tertiary/aromatic N) is 2. The SMILES string of the molecule is CCn1c2ccccc2c2cc(CN3C[C@]4(C)C[C@@H]3CC(C)(C)C4)ccc21. The Morgan fingerprint density at radius 3 is 2.56 bits per heavy atom. The van der Waals surface area contributed by atoms with Gasteiger partial charge in [0.05, 0.1) is 0 Å². The van der Waals surface area contributed by atoms with Crippen molar-refractivity contribution in [2.75, 3.05) is 6.54 Å². The van der Waals surface area contributed by atoms with E-state index in [9.17, 15) is 0 Å². The van der Waals surface area contributed by atoms with E-state index < -0.39 is 0 Å². The molecule has 2 heterocycles. The van der Waals surface area contributed by atoms with Crippen molar-refractivity contribution in [2.45, 2.75) is 66.1 Å². The van der Waals surface area contributed by atoms with Gasteiger partial charge in [0.1, 0.15) is 0 Å². The number of aryl methyl sites for hydroxylation is 1. The number of hydrogen-bond donors (Lipinski definition) is 0. The number of likely N-dealkylation sites (tertiary alicyclic amines) is 1. The van der Waals surface area contributed by atoms with Crippen molar-refractivity contribution in [3.8, 4) is 0 Å². The van der Waals surface area contributed by atoms with Gasteiger partial charge < -0.3 is 4.57 Å². The van der Waals surface area contributed by atoms with Crippen LogP contribution < -0.4 is 0 Å². The molecule has 0 N–H and O–H groups in total. The van der Waals surface area contributed by atoms with Crippen molar-refractivity contribution in [1.29, 1.82) is 0 Å². The fourth-order valence-electron chi connectivity index (χ4n) is 6.54. The van der Waals surface area contributed by atoms with Crippen molar-refractivity contribution in [3.63, 3.8) is 0 Å². The third-order valence-electron chi connectivity index (χ3n) is 7.06. The number of rotatable bonds is 3. The first-order valence-electron chi connectivity index (χ1n) is 10.6. The van der Waals surface area contributed by atoms with Crippen molar-refractivity contribution in [1.82, 2.24) is 9.47 Å². The van der Waals surface area contributed by atoms with Gasteiger partial charge in [0.15, 0.2) is 0 Å². The Morgan fingerprint density at radius 1 is 0.963 bits per heavy atom. The molecule has 27 heavy (non-hydrogen) atoms. The Morgan fingerprint density at radius 2 is 1.74 bits per heavy atom. The molecule has 0 spiro atoms. The maximum absolute atomic E-state index is 2.77. The smallest absolute Gasteiger partial charge is 0.0491 e. The van der Waals surface area contributed by atoms with E-state index in [1.807, 2.05) is 0 Å². The highest BCUT2D eigenvalue weighted by atomic mass is 15.2. The Balaban J connectivity index is 1.51. The number of aromatic nitrogens is 1. The van der Waals surface area contributed by atoms with Gasteiger partial charge in [-0.2, -0.15) is 0 Å². The molecule has 3 aromatic rings. The molecule has 1 aromatic heterocycles. The van der Waals surface area contributed by atoms with Gasteiger partial charge in [-0.05, 0) is 60.8 Å². The molecule has 0 radical (unpaired) electrons. The number of hydrogen-bond acceptors (Lipinski definition) is 1. The molecule has 5 rings (SSSR count). The first-order chi connectivity index (χ1) is 12.9. The van der Waals surface area contributed by atoms with Crippen molar-refractivity contribution in [2.24, 2.45) is 10.8 Å². The molecule has 2 nitrogen and oxygen atoms in total. The summed E-state index contributed by atoms with van der Waals surface area (Å²) in [4.78, 5) is 2.77. The van der Waals surface area contributed by atoms with Gasteiger partial charge in [0.25, 0.3) is 0 Å². The monoisotopic (exact) mass is 360 g/mol. The highest BCUT2D eigenvalue weighted by molar-refractivity contribution is 6.08. The van der Waals surface area contributed by atoms with Crippen LogP contribution in [0.3, 0.4) is 0 Å². The van der Waals surface area contributed by atoms with Crippen LogP contribution in [0.2, 0.25) is 0 Å². The minimum atomic E-state index is 0.491. The molecule has 2 atom stereocenters. The molecule has 1 aliphatic heterocycles. The molecular weight excluding hydrogens is 328 g/mol. The Kier molecular flexibility index (Phi) is 3.75. The summed E-state index contributed by atoms with van der Waals surface area (Å²) in [6.07, 6.45) is 4.10. The minimum Gasteiger partial charge on any atom is -0.341 e. The lowest BCUT2D eigenvalue weighted by molar-refractivity contribution is 0.126. The van der Waals surface area contributed by atoms with Crippen LogP contribution in [0.15, 0.2) is 42.5 Å². The molecule has 142 valence electrons. The summed E-state index contributed by atoms with van der Waals surface area (Å²) in [6, 6.07) is 16.8. The van der Waals surface area contributed by atoms with E-state index in [-0.39, 0.29) is 0 Å². The minimum absolute atomic E-state index is 0.491. The largest absolute Gasteiger partial charge is 0.341 e. The molecule has 2 bridgehead atoms. The lowest BCUT2D eigenvalue weighted by Crippen LogP contribution is -2.34. The average Bonchev–Trinajstić information content (AvgIpc) is 3.04. The van der Waals surface area contributed by atoms with E-state index in [2.05, 4.69) is 79.6 Å². The summed E-state index contributed by atoms with van der Waals surface area (Å²) < 4.78 is 2.45. The van der Waals surface area contributed by atoms with E-state index in [4.69, 9.17) is 0 Å². The van der Waals surface area contributed by atoms with Gasteiger partial charge in [-0.25, -0.2) is 0 Å². The van der Waals surface area contributed by atoms with E-state index in [0.29, 0.717) is 10.8 Å². The summed E-state index contributed by atoms with van der Waals surface area (Å²) in [6.45, 7) is 13.1. The fraction of sp³-hybridized carbons (Fsp3) is 0.520. The normalized spacial score (nSPS) is 27.6. The number of para-hydroxylation sites is 1. The predicted octanol–water partition coefficient (Wildman–Crippen LogP) is 6.22. The quantitative estimate of drug-likeness (QED) is 0.538. The van der Waals surface area contributed by atoms with Crippen LogP contribution in [0.4, 0.5) is 0 Å². The van der Waals surface area contributed by atoms with Gasteiger partial charge in [0, 0.05) is 47.5 Å². The zero-order chi connectivity index (χ0) is 18.8. The lowest BCUT2D eigenvalue weighted by atomic mass is 9.65. The van der Waals surface area contributed by atoms with Gasteiger partial charge in [0.2, 0.25) is 0 Å². The predicted molar refractivity (Wildman–Crippen MR) is 115 cm³/mol. The van der Waals surface area contributed by atoms with Crippen LogP contribution in [0.25, 0.3) is 21.8 Å². The molecule has 2 aliphatic rings. The van der Waals surface area contributed by atoms with Crippen LogP contribution in [0.5, 0.6) is 0 Å². The molecule has 1 saturated heterocycles. The highest BCUT2D eigenvalue weighted by Crippen LogP contribution is 2.52. The zero-order valence-electron chi connectivity index (χ0n) is 17.3. The fourth-order valence-corrected chi connectivity index (χ4v) is 6.54. The second-order valence-corrected chi connectivity index (χ2v) is 10.2. The summed E-state index contributed by atoms with van der Waals surface area (Å²) >= 11 is 0. The Hall–Kier alpha value is -1.80. The molecule has 2 aromatic carbocycles. The molecule has 1 saturated carbocycles. The molecule has 2 fully saturated rings. The van der Waals surface area contributed by atoms with Crippen LogP contribution in [-0.4, -0.2) is 22.1 Å². The second-order valence-electron chi connectivity index (χ2n) is 10.2. The second kappa shape index (κ2) is 5.85. The molecule has 0 unspecified atom stereocenters. The zero-order valence-corrected chi connectivity index (χ0v) is 17.3. The van der Waals surface area contributed by atoms with Crippen LogP contribution in [-0.2, 0) is 13.1 Å². The first kappa shape index (κ1) is 17.3. The maximum atomic E-state index is 2.77. The first-order valence-corrected chi connectivity index (χ1v) is 10.6.